The molecular formula is C27H33N5O2. The van der Waals surface area contributed by atoms with Crippen molar-refractivity contribution in [1.29, 1.82) is 0 Å². The van der Waals surface area contributed by atoms with Gasteiger partial charge in [0.15, 0.2) is 0 Å². The number of methoxy groups -OCH3 is 1. The highest BCUT2D eigenvalue weighted by molar-refractivity contribution is 5.94. The van der Waals surface area contributed by atoms with Crippen molar-refractivity contribution in [1.82, 2.24) is 19.1 Å². The number of rotatable bonds is 5. The zero-order chi connectivity index (χ0) is 23.8. The summed E-state index contributed by atoms with van der Waals surface area (Å²) >= 11 is 0. The largest absolute Gasteiger partial charge is 0.465 e. The van der Waals surface area contributed by atoms with Gasteiger partial charge in [-0.25, -0.2) is 14.8 Å². The summed E-state index contributed by atoms with van der Waals surface area (Å²) in [6, 6.07) is 12.4. The molecule has 2 N–H and O–H groups in total. The van der Waals surface area contributed by atoms with Crippen LogP contribution in [0.3, 0.4) is 0 Å². The van der Waals surface area contributed by atoms with E-state index in [0.29, 0.717) is 23.5 Å². The van der Waals surface area contributed by atoms with Gasteiger partial charge in [-0.1, -0.05) is 39.5 Å². The van der Waals surface area contributed by atoms with Crippen molar-refractivity contribution >= 4 is 34.0 Å². The summed E-state index contributed by atoms with van der Waals surface area (Å²) in [6.45, 7) is 5.19. The first-order valence-corrected chi connectivity index (χ1v) is 12.3. The van der Waals surface area contributed by atoms with Crippen LogP contribution in [0, 0.1) is 5.92 Å². The maximum absolute atomic E-state index is 12.1. The lowest BCUT2D eigenvalue weighted by Crippen LogP contribution is -2.10. The molecule has 178 valence electrons. The van der Waals surface area contributed by atoms with Gasteiger partial charge in [0, 0.05) is 18.2 Å². The van der Waals surface area contributed by atoms with Crippen molar-refractivity contribution < 1.29 is 9.53 Å². The minimum atomic E-state index is -0.347. The number of carbonyl (C=O) groups excluding carboxylic acids is 1. The highest BCUT2D eigenvalue weighted by Crippen LogP contribution is 2.36. The van der Waals surface area contributed by atoms with E-state index in [2.05, 4.69) is 46.2 Å². The van der Waals surface area contributed by atoms with Crippen LogP contribution in [0.25, 0.3) is 33.5 Å². The summed E-state index contributed by atoms with van der Waals surface area (Å²) in [5.41, 5.74) is 11.6. The Morgan fingerprint density at radius 1 is 1.03 bits per heavy atom. The Balaban J connectivity index is 1.67. The van der Waals surface area contributed by atoms with Crippen LogP contribution in [0.2, 0.25) is 0 Å². The maximum Gasteiger partial charge on any atom is 0.337 e. The average Bonchev–Trinajstić information content (AvgIpc) is 3.21. The number of fused-ring (bicyclic) bond motifs is 2. The van der Waals surface area contributed by atoms with E-state index in [-0.39, 0.29) is 5.97 Å². The number of hydrogen-bond donors (Lipinski definition) is 1. The van der Waals surface area contributed by atoms with Crippen molar-refractivity contribution in [3.63, 3.8) is 0 Å². The van der Waals surface area contributed by atoms with E-state index in [1.807, 2.05) is 18.2 Å². The third-order valence-electron chi connectivity index (χ3n) is 6.88. The van der Waals surface area contributed by atoms with E-state index >= 15 is 0 Å². The summed E-state index contributed by atoms with van der Waals surface area (Å²) in [5.74, 6) is 1.59. The second kappa shape index (κ2) is 9.12. The molecule has 0 unspecified atom stereocenters. The first kappa shape index (κ1) is 22.4. The second-order valence-corrected chi connectivity index (χ2v) is 9.82. The lowest BCUT2D eigenvalue weighted by molar-refractivity contribution is 0.0601. The standard InChI is InChI=1S/C27H33N5O2/c1-17(2)16-31-23-12-10-18(14-21(23)30-27(31)28)25-29-22-15-19(26(33)34-3)11-13-24(22)32(25)20-8-6-4-5-7-9-20/h10-15,17,20H,4-9,16H2,1-3H3,(H2,28,30). The van der Waals surface area contributed by atoms with E-state index < -0.39 is 0 Å². The molecule has 4 aromatic rings. The van der Waals surface area contributed by atoms with Crippen LogP contribution in [0.5, 0.6) is 0 Å². The lowest BCUT2D eigenvalue weighted by atomic mass is 10.1. The molecule has 0 spiro atoms. The average molecular weight is 460 g/mol. The van der Waals surface area contributed by atoms with Gasteiger partial charge in [-0.3, -0.25) is 0 Å². The number of hydrogen-bond acceptors (Lipinski definition) is 5. The number of esters is 1. The zero-order valence-electron chi connectivity index (χ0n) is 20.3. The van der Waals surface area contributed by atoms with Crippen LogP contribution in [-0.4, -0.2) is 32.2 Å². The van der Waals surface area contributed by atoms with Crippen molar-refractivity contribution in [2.45, 2.75) is 65.0 Å². The predicted octanol–water partition coefficient (Wildman–Crippen LogP) is 5.97. The van der Waals surface area contributed by atoms with Crippen LogP contribution in [0.4, 0.5) is 5.95 Å². The molecule has 1 saturated carbocycles. The quantitative estimate of drug-likeness (QED) is 0.293. The molecule has 2 aromatic heterocycles. The summed E-state index contributed by atoms with van der Waals surface area (Å²) in [4.78, 5) is 21.8. The van der Waals surface area contributed by atoms with Gasteiger partial charge in [-0.15, -0.1) is 0 Å². The first-order chi connectivity index (χ1) is 16.5. The van der Waals surface area contributed by atoms with Crippen molar-refractivity contribution in [2.75, 3.05) is 12.8 Å². The van der Waals surface area contributed by atoms with Gasteiger partial charge in [0.1, 0.15) is 5.82 Å². The van der Waals surface area contributed by atoms with Gasteiger partial charge in [-0.2, -0.15) is 0 Å². The van der Waals surface area contributed by atoms with Gasteiger partial charge >= 0.3 is 5.97 Å². The fraction of sp³-hybridized carbons (Fsp3) is 0.444. The summed E-state index contributed by atoms with van der Waals surface area (Å²) in [5, 5.41) is 0. The number of aromatic nitrogens is 4. The van der Waals surface area contributed by atoms with Crippen LogP contribution >= 0.6 is 0 Å². The Morgan fingerprint density at radius 3 is 2.44 bits per heavy atom. The van der Waals surface area contributed by atoms with Crippen molar-refractivity contribution in [3.05, 3.63) is 42.0 Å². The number of nitrogens with zero attached hydrogens (tertiary/aromatic N) is 4. The number of nitrogen functional groups attached to an aromatic ring is 1. The normalized spacial score (nSPS) is 15.3. The fourth-order valence-electron chi connectivity index (χ4n) is 5.28. The molecule has 0 aliphatic heterocycles. The molecule has 2 heterocycles. The molecule has 0 bridgehead atoms. The Labute approximate surface area is 199 Å². The molecular weight excluding hydrogens is 426 g/mol. The van der Waals surface area contributed by atoms with E-state index in [1.165, 1.54) is 32.8 Å². The number of carbonyl (C=O) groups is 1. The van der Waals surface area contributed by atoms with E-state index in [1.54, 1.807) is 0 Å². The van der Waals surface area contributed by atoms with Crippen molar-refractivity contribution in [2.24, 2.45) is 5.92 Å². The van der Waals surface area contributed by atoms with E-state index in [4.69, 9.17) is 15.5 Å². The van der Waals surface area contributed by atoms with Gasteiger partial charge in [-0.05, 0) is 55.2 Å². The second-order valence-electron chi connectivity index (χ2n) is 9.82. The monoisotopic (exact) mass is 459 g/mol. The molecule has 1 aliphatic carbocycles. The first-order valence-electron chi connectivity index (χ1n) is 12.3. The van der Waals surface area contributed by atoms with E-state index in [0.717, 1.165) is 52.8 Å². The minimum Gasteiger partial charge on any atom is -0.465 e. The molecule has 0 amide bonds. The molecule has 7 nitrogen and oxygen atoms in total. The molecule has 2 aromatic carbocycles. The lowest BCUT2D eigenvalue weighted by Gasteiger charge is -2.20. The number of nitrogens with two attached hydrogens (primary N) is 1. The van der Waals surface area contributed by atoms with Gasteiger partial charge in [0.25, 0.3) is 0 Å². The van der Waals surface area contributed by atoms with Crippen LogP contribution in [0.1, 0.15) is 68.8 Å². The molecule has 7 heteroatoms. The summed E-state index contributed by atoms with van der Waals surface area (Å²) < 4.78 is 9.40. The highest BCUT2D eigenvalue weighted by Gasteiger charge is 2.23. The molecule has 0 radical (unpaired) electrons. The molecule has 5 rings (SSSR count). The summed E-state index contributed by atoms with van der Waals surface area (Å²) in [6.07, 6.45) is 7.27. The smallest absolute Gasteiger partial charge is 0.337 e. The van der Waals surface area contributed by atoms with Crippen molar-refractivity contribution in [3.8, 4) is 11.4 Å². The Bertz CT molecular complexity index is 1340. The Hall–Kier alpha value is -3.35. The molecule has 1 fully saturated rings. The Kier molecular flexibility index (Phi) is 6.02. The molecule has 34 heavy (non-hydrogen) atoms. The van der Waals surface area contributed by atoms with Gasteiger partial charge in [0.05, 0.1) is 34.7 Å². The number of benzene rings is 2. The third kappa shape index (κ3) is 4.04. The third-order valence-corrected chi connectivity index (χ3v) is 6.88. The van der Waals surface area contributed by atoms with Gasteiger partial charge < -0.3 is 19.6 Å². The topological polar surface area (TPSA) is 88.0 Å². The highest BCUT2D eigenvalue weighted by atomic mass is 16.5. The van der Waals surface area contributed by atoms with E-state index in [9.17, 15) is 4.79 Å². The number of anilines is 1. The van der Waals surface area contributed by atoms with Crippen LogP contribution < -0.4 is 5.73 Å². The minimum absolute atomic E-state index is 0.347. The molecule has 1 aliphatic rings. The summed E-state index contributed by atoms with van der Waals surface area (Å²) in [7, 11) is 1.40. The number of ether oxygens (including phenoxy) is 1. The SMILES string of the molecule is COC(=O)c1ccc2c(c1)nc(-c1ccc3c(c1)nc(N)n3CC(C)C)n2C1CCCCCC1. The van der Waals surface area contributed by atoms with Crippen LogP contribution in [-0.2, 0) is 11.3 Å². The van der Waals surface area contributed by atoms with Crippen LogP contribution in [0.15, 0.2) is 36.4 Å². The molecule has 0 saturated heterocycles. The molecule has 0 atom stereocenters. The Morgan fingerprint density at radius 2 is 1.74 bits per heavy atom. The fourth-order valence-corrected chi connectivity index (χ4v) is 5.28. The number of imidazole rings is 2. The maximum atomic E-state index is 12.1. The van der Waals surface area contributed by atoms with Gasteiger partial charge in [0.2, 0.25) is 5.95 Å². The predicted molar refractivity (Wildman–Crippen MR) is 136 cm³/mol. The zero-order valence-corrected chi connectivity index (χ0v) is 20.3.